The SMILES string of the molecule is CCCCCCCC/C=C\CCCCCCCCCCCCCCCCCCCC(=O)N[C@@H](CO)[C@H](O)/C=C/CCCCCCCCCCCCC. The molecule has 4 nitrogen and oxygen atoms in total. The molecular formula is C48H93NO3. The summed E-state index contributed by atoms with van der Waals surface area (Å²) in [6.07, 6.45) is 57.3. The van der Waals surface area contributed by atoms with Crippen LogP contribution in [0.3, 0.4) is 0 Å². The van der Waals surface area contributed by atoms with Gasteiger partial charge in [-0.05, 0) is 44.9 Å². The molecule has 0 aromatic carbocycles. The average Bonchev–Trinajstić information content (AvgIpc) is 3.15. The standard InChI is InChI=1S/C48H93NO3/c1-3-5-7-9-11-13-15-17-18-19-20-21-22-23-24-25-26-27-28-29-30-32-34-36-38-40-42-44-48(52)49-46(45-50)47(51)43-41-39-37-35-33-31-16-14-12-10-8-6-4-2/h17-18,41,43,46-47,50-51H,3-16,19-40,42,44-45H2,1-2H3,(H,49,52)/b18-17-,43-41+/t46-,47+/m0/s1. The second-order valence-corrected chi connectivity index (χ2v) is 16.2. The van der Waals surface area contributed by atoms with E-state index in [2.05, 4.69) is 31.3 Å². The van der Waals surface area contributed by atoms with Crippen LogP contribution in [0.5, 0.6) is 0 Å². The van der Waals surface area contributed by atoms with E-state index in [4.69, 9.17) is 0 Å². The molecule has 0 aliphatic heterocycles. The molecule has 52 heavy (non-hydrogen) atoms. The van der Waals surface area contributed by atoms with Crippen LogP contribution in [0.1, 0.15) is 258 Å². The lowest BCUT2D eigenvalue weighted by atomic mass is 10.0. The number of aliphatic hydroxyl groups excluding tert-OH is 2. The summed E-state index contributed by atoms with van der Waals surface area (Å²) in [6.45, 7) is 4.31. The van der Waals surface area contributed by atoms with E-state index in [-0.39, 0.29) is 12.5 Å². The molecule has 1 amide bonds. The first kappa shape index (κ1) is 50.9. The van der Waals surface area contributed by atoms with Gasteiger partial charge < -0.3 is 15.5 Å². The zero-order valence-corrected chi connectivity index (χ0v) is 35.3. The Kier molecular flexibility index (Phi) is 43.3. The predicted octanol–water partition coefficient (Wildman–Crippen LogP) is 14.8. The normalized spacial score (nSPS) is 13.1. The smallest absolute Gasteiger partial charge is 0.220 e. The van der Waals surface area contributed by atoms with Crippen molar-refractivity contribution in [2.24, 2.45) is 0 Å². The number of carbonyl (C=O) groups excluding carboxylic acids is 1. The van der Waals surface area contributed by atoms with Crippen molar-refractivity contribution in [1.29, 1.82) is 0 Å². The van der Waals surface area contributed by atoms with E-state index < -0.39 is 12.1 Å². The molecule has 308 valence electrons. The highest BCUT2D eigenvalue weighted by Gasteiger charge is 2.17. The van der Waals surface area contributed by atoms with Gasteiger partial charge in [0.15, 0.2) is 0 Å². The van der Waals surface area contributed by atoms with Crippen LogP contribution >= 0.6 is 0 Å². The third kappa shape index (κ3) is 40.1. The first-order chi connectivity index (χ1) is 25.7. The Morgan fingerprint density at radius 2 is 0.731 bits per heavy atom. The number of amides is 1. The summed E-state index contributed by atoms with van der Waals surface area (Å²) in [5.74, 6) is -0.0610. The van der Waals surface area contributed by atoms with Crippen molar-refractivity contribution in [1.82, 2.24) is 5.32 Å². The van der Waals surface area contributed by atoms with Crippen LogP contribution in [0.4, 0.5) is 0 Å². The summed E-state index contributed by atoms with van der Waals surface area (Å²) in [4.78, 5) is 12.4. The van der Waals surface area contributed by atoms with Gasteiger partial charge in [0.25, 0.3) is 0 Å². The fraction of sp³-hybridized carbons (Fsp3) is 0.896. The first-order valence-electron chi connectivity index (χ1n) is 23.6. The van der Waals surface area contributed by atoms with Crippen LogP contribution in [0.15, 0.2) is 24.3 Å². The quantitative estimate of drug-likeness (QED) is 0.0432. The zero-order chi connectivity index (χ0) is 37.8. The monoisotopic (exact) mass is 732 g/mol. The van der Waals surface area contributed by atoms with E-state index in [0.717, 1.165) is 25.7 Å². The van der Waals surface area contributed by atoms with Gasteiger partial charge in [-0.15, -0.1) is 0 Å². The molecule has 0 aliphatic carbocycles. The molecule has 4 heteroatoms. The van der Waals surface area contributed by atoms with Crippen LogP contribution in [-0.2, 0) is 4.79 Å². The molecule has 0 radical (unpaired) electrons. The maximum Gasteiger partial charge on any atom is 0.220 e. The lowest BCUT2D eigenvalue weighted by Crippen LogP contribution is -2.45. The van der Waals surface area contributed by atoms with Gasteiger partial charge in [-0.3, -0.25) is 4.79 Å². The Labute approximate surface area is 326 Å². The minimum Gasteiger partial charge on any atom is -0.394 e. The molecule has 0 rings (SSSR count). The summed E-state index contributed by atoms with van der Waals surface area (Å²) < 4.78 is 0. The van der Waals surface area contributed by atoms with Crippen molar-refractivity contribution in [3.8, 4) is 0 Å². The van der Waals surface area contributed by atoms with Crippen molar-refractivity contribution in [3.63, 3.8) is 0 Å². The molecule has 0 unspecified atom stereocenters. The minimum absolute atomic E-state index is 0.0610. The van der Waals surface area contributed by atoms with Gasteiger partial charge in [-0.1, -0.05) is 231 Å². The number of unbranched alkanes of at least 4 members (excludes halogenated alkanes) is 34. The number of hydrogen-bond acceptors (Lipinski definition) is 3. The Morgan fingerprint density at radius 3 is 1.06 bits per heavy atom. The van der Waals surface area contributed by atoms with Gasteiger partial charge in [-0.2, -0.15) is 0 Å². The number of rotatable bonds is 43. The second-order valence-electron chi connectivity index (χ2n) is 16.2. The van der Waals surface area contributed by atoms with E-state index in [1.165, 1.54) is 212 Å². The highest BCUT2D eigenvalue weighted by Crippen LogP contribution is 2.16. The molecule has 0 heterocycles. The molecule has 0 saturated heterocycles. The minimum atomic E-state index is -0.835. The Morgan fingerprint density at radius 1 is 0.442 bits per heavy atom. The van der Waals surface area contributed by atoms with Crippen molar-refractivity contribution in [3.05, 3.63) is 24.3 Å². The molecule has 0 fully saturated rings. The van der Waals surface area contributed by atoms with Crippen molar-refractivity contribution in [2.45, 2.75) is 270 Å². The number of hydrogen-bond donors (Lipinski definition) is 3. The number of aliphatic hydroxyl groups is 2. The van der Waals surface area contributed by atoms with E-state index in [1.54, 1.807) is 6.08 Å². The average molecular weight is 732 g/mol. The summed E-state index contributed by atoms with van der Waals surface area (Å²) in [6, 6.07) is -0.618. The van der Waals surface area contributed by atoms with E-state index in [1.807, 2.05) is 6.08 Å². The molecule has 0 aromatic heterocycles. The highest BCUT2D eigenvalue weighted by molar-refractivity contribution is 5.76. The summed E-state index contributed by atoms with van der Waals surface area (Å²) in [5.41, 5.74) is 0. The van der Waals surface area contributed by atoms with E-state index in [0.29, 0.717) is 6.42 Å². The van der Waals surface area contributed by atoms with Gasteiger partial charge in [0.05, 0.1) is 18.8 Å². The second kappa shape index (κ2) is 44.3. The number of allylic oxidation sites excluding steroid dienone is 3. The summed E-state index contributed by atoms with van der Waals surface area (Å²) >= 11 is 0. The molecule has 0 spiro atoms. The maximum atomic E-state index is 12.4. The largest absolute Gasteiger partial charge is 0.394 e. The lowest BCUT2D eigenvalue weighted by molar-refractivity contribution is -0.123. The summed E-state index contributed by atoms with van der Waals surface area (Å²) in [7, 11) is 0. The molecular weight excluding hydrogens is 639 g/mol. The summed E-state index contributed by atoms with van der Waals surface area (Å²) in [5, 5.41) is 23.0. The third-order valence-electron chi connectivity index (χ3n) is 10.9. The molecule has 0 saturated carbocycles. The zero-order valence-electron chi connectivity index (χ0n) is 35.3. The molecule has 3 N–H and O–H groups in total. The Balaban J connectivity index is 3.46. The number of carbonyl (C=O) groups is 1. The van der Waals surface area contributed by atoms with Gasteiger partial charge in [-0.25, -0.2) is 0 Å². The Bertz CT molecular complexity index is 750. The molecule has 0 bridgehead atoms. The Hall–Kier alpha value is -1.13. The predicted molar refractivity (Wildman–Crippen MR) is 230 cm³/mol. The molecule has 2 atom stereocenters. The van der Waals surface area contributed by atoms with E-state index >= 15 is 0 Å². The highest BCUT2D eigenvalue weighted by atomic mass is 16.3. The van der Waals surface area contributed by atoms with Gasteiger partial charge in [0.2, 0.25) is 5.91 Å². The van der Waals surface area contributed by atoms with Gasteiger partial charge in [0, 0.05) is 6.42 Å². The van der Waals surface area contributed by atoms with Crippen LogP contribution < -0.4 is 5.32 Å². The van der Waals surface area contributed by atoms with Crippen LogP contribution in [0, 0.1) is 0 Å². The fourth-order valence-corrected chi connectivity index (χ4v) is 7.29. The third-order valence-corrected chi connectivity index (χ3v) is 10.9. The van der Waals surface area contributed by atoms with Crippen molar-refractivity contribution in [2.75, 3.05) is 6.61 Å². The van der Waals surface area contributed by atoms with Crippen LogP contribution in [0.2, 0.25) is 0 Å². The maximum absolute atomic E-state index is 12.4. The van der Waals surface area contributed by atoms with Crippen molar-refractivity contribution >= 4 is 5.91 Å². The van der Waals surface area contributed by atoms with Gasteiger partial charge in [0.1, 0.15) is 0 Å². The van der Waals surface area contributed by atoms with Crippen LogP contribution in [-0.4, -0.2) is 34.9 Å². The van der Waals surface area contributed by atoms with Gasteiger partial charge >= 0.3 is 0 Å². The van der Waals surface area contributed by atoms with Crippen molar-refractivity contribution < 1.29 is 15.0 Å². The fourth-order valence-electron chi connectivity index (χ4n) is 7.29. The molecule has 0 aliphatic rings. The number of nitrogens with one attached hydrogen (secondary N) is 1. The first-order valence-corrected chi connectivity index (χ1v) is 23.6. The van der Waals surface area contributed by atoms with Crippen LogP contribution in [0.25, 0.3) is 0 Å². The topological polar surface area (TPSA) is 69.6 Å². The molecule has 0 aromatic rings. The van der Waals surface area contributed by atoms with E-state index in [9.17, 15) is 15.0 Å². The lowest BCUT2D eigenvalue weighted by Gasteiger charge is -2.20.